The number of halogens is 1. The first-order valence-corrected chi connectivity index (χ1v) is 7.82. The van der Waals surface area contributed by atoms with Crippen LogP contribution < -0.4 is 10.6 Å². The molecule has 2 N–H and O–H groups in total. The van der Waals surface area contributed by atoms with Gasteiger partial charge in [0.25, 0.3) is 5.91 Å². The minimum atomic E-state index is -0.744. The summed E-state index contributed by atoms with van der Waals surface area (Å²) in [5.74, 6) is -1.19. The number of rotatable bonds is 3. The second-order valence-corrected chi connectivity index (χ2v) is 6.67. The number of amides is 2. The fourth-order valence-electron chi connectivity index (χ4n) is 2.39. The average molecular weight is 338 g/mol. The molecule has 0 bridgehead atoms. The maximum absolute atomic E-state index is 14.0. The second kappa shape index (κ2) is 7.02. The minimum absolute atomic E-state index is 0.0161. The van der Waals surface area contributed by atoms with Crippen LogP contribution in [-0.4, -0.2) is 53.7 Å². The first-order valence-electron chi connectivity index (χ1n) is 7.82. The van der Waals surface area contributed by atoms with Crippen LogP contribution in [0.25, 0.3) is 0 Å². The lowest BCUT2D eigenvalue weighted by Crippen LogP contribution is -2.36. The highest BCUT2D eigenvalue weighted by Gasteiger charge is 2.30. The Labute approximate surface area is 140 Å². The zero-order valence-corrected chi connectivity index (χ0v) is 14.4. The smallest absolute Gasteiger partial charge is 0.410 e. The summed E-state index contributed by atoms with van der Waals surface area (Å²) in [6.45, 7) is 6.40. The molecule has 132 valence electrons. The summed E-state index contributed by atoms with van der Waals surface area (Å²) in [5, 5.41) is 5.41. The van der Waals surface area contributed by atoms with Gasteiger partial charge < -0.3 is 20.3 Å². The van der Waals surface area contributed by atoms with Gasteiger partial charge in [-0.05, 0) is 39.3 Å². The van der Waals surface area contributed by atoms with E-state index in [0.29, 0.717) is 19.5 Å². The number of nitrogens with zero attached hydrogens (tertiary/aromatic N) is 2. The van der Waals surface area contributed by atoms with Crippen molar-refractivity contribution in [2.24, 2.45) is 0 Å². The maximum atomic E-state index is 14.0. The van der Waals surface area contributed by atoms with Crippen molar-refractivity contribution in [3.05, 3.63) is 23.8 Å². The predicted molar refractivity (Wildman–Crippen MR) is 87.4 cm³/mol. The average Bonchev–Trinajstić information content (AvgIpc) is 2.95. The molecule has 24 heavy (non-hydrogen) atoms. The van der Waals surface area contributed by atoms with Crippen LogP contribution in [-0.2, 0) is 4.74 Å². The molecule has 2 heterocycles. The molecule has 0 aliphatic carbocycles. The zero-order chi connectivity index (χ0) is 17.9. The van der Waals surface area contributed by atoms with Crippen molar-refractivity contribution in [2.75, 3.05) is 25.5 Å². The highest BCUT2D eigenvalue weighted by molar-refractivity contribution is 5.92. The number of likely N-dealkylation sites (tertiary alicyclic amines) is 1. The number of pyridine rings is 1. The summed E-state index contributed by atoms with van der Waals surface area (Å²) in [5.41, 5.74) is -0.324. The fraction of sp³-hybridized carbons (Fsp3) is 0.562. The van der Waals surface area contributed by atoms with Crippen LogP contribution in [0, 0.1) is 5.95 Å². The van der Waals surface area contributed by atoms with Crippen LogP contribution in [0.5, 0.6) is 0 Å². The Morgan fingerprint density at radius 3 is 2.67 bits per heavy atom. The Hall–Kier alpha value is -2.38. The second-order valence-electron chi connectivity index (χ2n) is 6.67. The van der Waals surface area contributed by atoms with Crippen LogP contribution >= 0.6 is 0 Å². The molecule has 0 aromatic carbocycles. The molecule has 0 unspecified atom stereocenters. The molecule has 0 radical (unpaired) electrons. The van der Waals surface area contributed by atoms with Gasteiger partial charge >= 0.3 is 6.09 Å². The lowest BCUT2D eigenvalue weighted by molar-refractivity contribution is 0.0293. The van der Waals surface area contributed by atoms with Crippen molar-refractivity contribution in [1.82, 2.24) is 15.2 Å². The molecule has 7 nitrogen and oxygen atoms in total. The number of carbonyl (C=O) groups excluding carboxylic acids is 2. The Morgan fingerprint density at radius 1 is 1.38 bits per heavy atom. The molecule has 0 spiro atoms. The van der Waals surface area contributed by atoms with Gasteiger partial charge in [0.1, 0.15) is 11.3 Å². The lowest BCUT2D eigenvalue weighted by atomic mass is 10.2. The van der Waals surface area contributed by atoms with Crippen molar-refractivity contribution in [3.8, 4) is 0 Å². The zero-order valence-electron chi connectivity index (χ0n) is 14.4. The van der Waals surface area contributed by atoms with Crippen molar-refractivity contribution in [1.29, 1.82) is 0 Å². The van der Waals surface area contributed by atoms with E-state index in [-0.39, 0.29) is 23.5 Å². The van der Waals surface area contributed by atoms with E-state index in [0.717, 1.165) is 0 Å². The lowest BCUT2D eigenvalue weighted by Gasteiger charge is -2.24. The van der Waals surface area contributed by atoms with E-state index >= 15 is 0 Å². The summed E-state index contributed by atoms with van der Waals surface area (Å²) in [6.07, 6.45) is 0.302. The molecule has 1 aliphatic rings. The van der Waals surface area contributed by atoms with Crippen LogP contribution in [0.3, 0.4) is 0 Å². The van der Waals surface area contributed by atoms with Gasteiger partial charge in [-0.3, -0.25) is 4.79 Å². The molecule has 0 saturated carbocycles. The summed E-state index contributed by atoms with van der Waals surface area (Å²) >= 11 is 0. The monoisotopic (exact) mass is 338 g/mol. The van der Waals surface area contributed by atoms with Gasteiger partial charge in [-0.2, -0.15) is 4.39 Å². The standard InChI is InChI=1S/C16H23FN4O3/c1-16(2,3)24-15(23)21-8-7-10(9-21)19-11-5-6-12(14(22)18-4)20-13(11)17/h5-6,10,19H,7-9H2,1-4H3,(H,18,22)/t10-/m0/s1. The molecule has 2 amide bonds. The van der Waals surface area contributed by atoms with E-state index in [1.54, 1.807) is 4.90 Å². The third kappa shape index (κ3) is 4.56. The summed E-state index contributed by atoms with van der Waals surface area (Å²) in [6, 6.07) is 2.83. The highest BCUT2D eigenvalue weighted by Crippen LogP contribution is 2.20. The maximum Gasteiger partial charge on any atom is 0.410 e. The largest absolute Gasteiger partial charge is 0.444 e. The predicted octanol–water partition coefficient (Wildman–Crippen LogP) is 2.00. The number of aromatic nitrogens is 1. The molecule has 8 heteroatoms. The number of carbonyl (C=O) groups is 2. The number of anilines is 1. The molecule has 1 saturated heterocycles. The van der Waals surface area contributed by atoms with E-state index in [4.69, 9.17) is 4.74 Å². The molecule has 1 fully saturated rings. The Morgan fingerprint density at radius 2 is 2.08 bits per heavy atom. The summed E-state index contributed by atoms with van der Waals surface area (Å²) in [7, 11) is 1.46. The highest BCUT2D eigenvalue weighted by atomic mass is 19.1. The van der Waals surface area contributed by atoms with Gasteiger partial charge in [0.15, 0.2) is 0 Å². The van der Waals surface area contributed by atoms with Gasteiger partial charge in [0, 0.05) is 26.2 Å². The number of ether oxygens (including phenoxy) is 1. The number of hydrogen-bond acceptors (Lipinski definition) is 5. The van der Waals surface area contributed by atoms with Crippen LogP contribution in [0.4, 0.5) is 14.9 Å². The molecule has 1 atom stereocenters. The van der Waals surface area contributed by atoms with Crippen molar-refractivity contribution < 1.29 is 18.7 Å². The minimum Gasteiger partial charge on any atom is -0.444 e. The molecule has 2 rings (SSSR count). The summed E-state index contributed by atoms with van der Waals surface area (Å²) in [4.78, 5) is 28.7. The van der Waals surface area contributed by atoms with Crippen LogP contribution in [0.15, 0.2) is 12.1 Å². The van der Waals surface area contributed by atoms with Gasteiger partial charge in [0.05, 0.1) is 5.69 Å². The molecule has 1 aromatic rings. The van der Waals surface area contributed by atoms with E-state index in [1.165, 1.54) is 19.2 Å². The molecular weight excluding hydrogens is 315 g/mol. The van der Waals surface area contributed by atoms with Gasteiger partial charge in [0.2, 0.25) is 5.95 Å². The van der Waals surface area contributed by atoms with E-state index in [2.05, 4.69) is 15.6 Å². The van der Waals surface area contributed by atoms with Gasteiger partial charge in [-0.15, -0.1) is 0 Å². The molecule has 1 aliphatic heterocycles. The van der Waals surface area contributed by atoms with Crippen molar-refractivity contribution in [2.45, 2.75) is 38.8 Å². The third-order valence-corrected chi connectivity index (χ3v) is 3.51. The molecule has 1 aromatic heterocycles. The normalized spacial score (nSPS) is 17.5. The van der Waals surface area contributed by atoms with E-state index in [9.17, 15) is 14.0 Å². The van der Waals surface area contributed by atoms with E-state index < -0.39 is 17.5 Å². The third-order valence-electron chi connectivity index (χ3n) is 3.51. The van der Waals surface area contributed by atoms with Crippen molar-refractivity contribution >= 4 is 17.7 Å². The fourth-order valence-corrected chi connectivity index (χ4v) is 2.39. The first-order chi connectivity index (χ1) is 11.2. The van der Waals surface area contributed by atoms with Crippen LogP contribution in [0.1, 0.15) is 37.7 Å². The quantitative estimate of drug-likeness (QED) is 0.824. The number of nitrogens with one attached hydrogen (secondary N) is 2. The topological polar surface area (TPSA) is 83.6 Å². The molecular formula is C16H23FN4O3. The SMILES string of the molecule is CNC(=O)c1ccc(N[C@H]2CCN(C(=O)OC(C)(C)C)C2)c(F)n1. The Balaban J connectivity index is 1.96. The van der Waals surface area contributed by atoms with Gasteiger partial charge in [-0.25, -0.2) is 9.78 Å². The van der Waals surface area contributed by atoms with Crippen molar-refractivity contribution in [3.63, 3.8) is 0 Å². The Kier molecular flexibility index (Phi) is 5.26. The Bertz CT molecular complexity index is 630. The number of hydrogen-bond donors (Lipinski definition) is 2. The first kappa shape index (κ1) is 18.0. The van der Waals surface area contributed by atoms with E-state index in [1.807, 2.05) is 20.8 Å². The van der Waals surface area contributed by atoms with Gasteiger partial charge in [-0.1, -0.05) is 0 Å². The van der Waals surface area contributed by atoms with Crippen LogP contribution in [0.2, 0.25) is 0 Å². The summed E-state index contributed by atoms with van der Waals surface area (Å²) < 4.78 is 19.3.